The van der Waals surface area contributed by atoms with Gasteiger partial charge < -0.3 is 38.0 Å². The Morgan fingerprint density at radius 1 is 1.07 bits per heavy atom. The van der Waals surface area contributed by atoms with E-state index in [9.17, 15) is 19.5 Å². The van der Waals surface area contributed by atoms with E-state index in [0.717, 1.165) is 5.56 Å². The van der Waals surface area contributed by atoms with Gasteiger partial charge in [0.05, 0.1) is 6.04 Å². The summed E-state index contributed by atoms with van der Waals surface area (Å²) in [5, 5.41) is 23.3. The van der Waals surface area contributed by atoms with Gasteiger partial charge in [-0.2, -0.15) is 12.6 Å². The van der Waals surface area contributed by atoms with E-state index >= 15 is 0 Å². The van der Waals surface area contributed by atoms with Gasteiger partial charge in [0.2, 0.25) is 11.8 Å². The number of benzene rings is 1. The first-order valence-corrected chi connectivity index (χ1v) is 9.80. The number of carbonyl (C=O) groups is 3. The van der Waals surface area contributed by atoms with E-state index in [2.05, 4.69) is 28.3 Å². The second-order valence-corrected chi connectivity index (χ2v) is 6.93. The third kappa shape index (κ3) is 9.01. The Labute approximate surface area is 179 Å². The summed E-state index contributed by atoms with van der Waals surface area (Å²) in [5.74, 6) is -2.62. The van der Waals surface area contributed by atoms with Crippen LogP contribution in [0.25, 0.3) is 0 Å². The highest BCUT2D eigenvalue weighted by Gasteiger charge is 2.27. The van der Waals surface area contributed by atoms with Gasteiger partial charge >= 0.3 is 5.97 Å². The predicted molar refractivity (Wildman–Crippen MR) is 115 cm³/mol. The molecule has 2 amide bonds. The van der Waals surface area contributed by atoms with Crippen LogP contribution in [0.15, 0.2) is 29.3 Å². The summed E-state index contributed by atoms with van der Waals surface area (Å²) < 4.78 is 0. The summed E-state index contributed by atoms with van der Waals surface area (Å²) in [7, 11) is 0. The number of thiol groups is 1. The topological polar surface area (TPSA) is 206 Å². The summed E-state index contributed by atoms with van der Waals surface area (Å²) >= 11 is 3.91. The van der Waals surface area contributed by atoms with Crippen LogP contribution >= 0.6 is 12.6 Å². The molecule has 0 aliphatic carbocycles. The molecule has 0 bridgehead atoms. The van der Waals surface area contributed by atoms with E-state index in [4.69, 9.17) is 22.3 Å². The minimum Gasteiger partial charge on any atom is -0.508 e. The molecule has 1 aromatic rings. The molecule has 0 saturated carbocycles. The van der Waals surface area contributed by atoms with Gasteiger partial charge in [-0.05, 0) is 37.0 Å². The normalized spacial score (nSPS) is 13.5. The average molecular weight is 441 g/mol. The van der Waals surface area contributed by atoms with Gasteiger partial charge in [-0.15, -0.1) is 0 Å². The molecule has 30 heavy (non-hydrogen) atoms. The number of hydrogen-bond donors (Lipinski definition) is 8. The number of nitrogens with zero attached hydrogens (tertiary/aromatic N) is 1. The molecule has 0 heterocycles. The highest BCUT2D eigenvalue weighted by atomic mass is 32.1. The van der Waals surface area contributed by atoms with Crippen molar-refractivity contribution in [1.29, 1.82) is 0 Å². The molecule has 0 spiro atoms. The van der Waals surface area contributed by atoms with Crippen molar-refractivity contribution < 1.29 is 24.6 Å². The lowest BCUT2D eigenvalue weighted by molar-refractivity contribution is -0.141. The number of amides is 2. The quantitative estimate of drug-likeness (QED) is 0.0811. The molecule has 12 heteroatoms. The molecule has 0 aliphatic heterocycles. The van der Waals surface area contributed by atoms with Crippen molar-refractivity contribution >= 4 is 36.4 Å². The Morgan fingerprint density at radius 2 is 1.67 bits per heavy atom. The maximum atomic E-state index is 12.5. The zero-order chi connectivity index (χ0) is 22.7. The van der Waals surface area contributed by atoms with Crippen LogP contribution in [0.4, 0.5) is 0 Å². The number of rotatable bonds is 12. The largest absolute Gasteiger partial charge is 0.508 e. The zero-order valence-corrected chi connectivity index (χ0v) is 17.2. The second kappa shape index (κ2) is 12.5. The van der Waals surface area contributed by atoms with Gasteiger partial charge in [0.25, 0.3) is 0 Å². The van der Waals surface area contributed by atoms with Crippen molar-refractivity contribution in [2.24, 2.45) is 22.2 Å². The molecule has 0 unspecified atom stereocenters. The smallest absolute Gasteiger partial charge is 0.327 e. The van der Waals surface area contributed by atoms with Gasteiger partial charge in [-0.1, -0.05) is 12.1 Å². The Bertz CT molecular complexity index is 754. The van der Waals surface area contributed by atoms with E-state index in [0.29, 0.717) is 6.42 Å². The second-order valence-electron chi connectivity index (χ2n) is 6.57. The number of phenolic OH excluding ortho intramolecular Hbond substituents is 1. The first kappa shape index (κ1) is 25.0. The monoisotopic (exact) mass is 440 g/mol. The van der Waals surface area contributed by atoms with Crippen molar-refractivity contribution in [3.05, 3.63) is 29.8 Å². The highest BCUT2D eigenvalue weighted by molar-refractivity contribution is 7.80. The summed E-state index contributed by atoms with van der Waals surface area (Å²) in [6.07, 6.45) is 0.712. The minimum atomic E-state index is -1.24. The van der Waals surface area contributed by atoms with Gasteiger partial charge in [-0.3, -0.25) is 14.6 Å². The molecule has 10 N–H and O–H groups in total. The minimum absolute atomic E-state index is 0.0893. The summed E-state index contributed by atoms with van der Waals surface area (Å²) in [4.78, 5) is 40.0. The summed E-state index contributed by atoms with van der Waals surface area (Å²) in [6.45, 7) is 0.233. The lowest BCUT2D eigenvalue weighted by Gasteiger charge is -2.22. The number of hydrogen-bond acceptors (Lipinski definition) is 7. The number of phenols is 1. The molecular formula is C18H28N6O5S. The number of carboxylic acids is 1. The van der Waals surface area contributed by atoms with Crippen molar-refractivity contribution in [2.75, 3.05) is 12.3 Å². The molecule has 1 rings (SSSR count). The maximum Gasteiger partial charge on any atom is 0.327 e. The highest BCUT2D eigenvalue weighted by Crippen LogP contribution is 2.11. The third-order valence-corrected chi connectivity index (χ3v) is 4.47. The molecule has 1 aromatic carbocycles. The van der Waals surface area contributed by atoms with E-state index in [-0.39, 0.29) is 36.8 Å². The van der Waals surface area contributed by atoms with Crippen LogP contribution in [0.5, 0.6) is 5.75 Å². The van der Waals surface area contributed by atoms with E-state index in [1.165, 1.54) is 12.1 Å². The molecule has 0 fully saturated rings. The van der Waals surface area contributed by atoms with Gasteiger partial charge in [-0.25, -0.2) is 4.79 Å². The van der Waals surface area contributed by atoms with E-state index in [1.807, 2.05) is 0 Å². The van der Waals surface area contributed by atoms with Crippen molar-refractivity contribution in [3.63, 3.8) is 0 Å². The van der Waals surface area contributed by atoms with Gasteiger partial charge in [0.1, 0.15) is 17.8 Å². The first-order chi connectivity index (χ1) is 14.1. The first-order valence-electron chi connectivity index (χ1n) is 9.17. The molecule has 0 aromatic heterocycles. The predicted octanol–water partition coefficient (Wildman–Crippen LogP) is -1.70. The molecule has 0 aliphatic rings. The fourth-order valence-electron chi connectivity index (χ4n) is 2.49. The Morgan fingerprint density at radius 3 is 2.20 bits per heavy atom. The van der Waals surface area contributed by atoms with Crippen LogP contribution in [-0.4, -0.2) is 64.4 Å². The summed E-state index contributed by atoms with van der Waals surface area (Å²) in [6, 6.07) is 3.02. The van der Waals surface area contributed by atoms with Crippen LogP contribution in [0.2, 0.25) is 0 Å². The lowest BCUT2D eigenvalue weighted by atomic mass is 10.0. The van der Waals surface area contributed by atoms with E-state index in [1.54, 1.807) is 12.1 Å². The molecular weight excluding hydrogens is 412 g/mol. The molecule has 166 valence electrons. The molecule has 0 radical (unpaired) electrons. The maximum absolute atomic E-state index is 12.5. The van der Waals surface area contributed by atoms with Crippen LogP contribution in [0.1, 0.15) is 18.4 Å². The molecule has 3 atom stereocenters. The average Bonchev–Trinajstić information content (AvgIpc) is 2.69. The Hall–Kier alpha value is -2.99. The van der Waals surface area contributed by atoms with Crippen molar-refractivity contribution in [2.45, 2.75) is 37.4 Å². The van der Waals surface area contributed by atoms with E-state index < -0.39 is 35.9 Å². The fraction of sp³-hybridized carbons (Fsp3) is 0.444. The third-order valence-electron chi connectivity index (χ3n) is 4.10. The lowest BCUT2D eigenvalue weighted by Crippen LogP contribution is -2.55. The molecule has 11 nitrogen and oxygen atoms in total. The van der Waals surface area contributed by atoms with Crippen LogP contribution in [-0.2, 0) is 20.8 Å². The number of aliphatic imine (C=N–C) groups is 1. The van der Waals surface area contributed by atoms with Crippen LogP contribution in [0, 0.1) is 0 Å². The Balaban J connectivity index is 2.79. The number of carboxylic acid groups (broad SMARTS) is 1. The Kier molecular flexibility index (Phi) is 10.5. The number of carbonyl (C=O) groups excluding carboxylic acids is 2. The number of guanidine groups is 1. The summed E-state index contributed by atoms with van der Waals surface area (Å²) in [5.41, 5.74) is 17.2. The fourth-order valence-corrected chi connectivity index (χ4v) is 2.74. The zero-order valence-electron chi connectivity index (χ0n) is 16.3. The SMILES string of the molecule is NC(N)=NCCC[C@H](NC(=O)[C@@H](N)Cc1ccc(O)cc1)C(=O)N[C@@H](CS)C(=O)O. The van der Waals surface area contributed by atoms with Gasteiger partial charge in [0, 0.05) is 12.3 Å². The van der Waals surface area contributed by atoms with Crippen molar-refractivity contribution in [1.82, 2.24) is 10.6 Å². The number of nitrogens with two attached hydrogens (primary N) is 3. The number of aliphatic carboxylic acids is 1. The van der Waals surface area contributed by atoms with Gasteiger partial charge in [0.15, 0.2) is 5.96 Å². The molecule has 0 saturated heterocycles. The standard InChI is InChI=1S/C18H28N6O5S/c19-12(8-10-3-5-11(25)6-4-10)15(26)23-13(2-1-7-22-18(20)21)16(27)24-14(9-30)17(28)29/h3-6,12-14,25,30H,1-2,7-9,19H2,(H,23,26)(H,24,27)(H,28,29)(H4,20,21,22)/t12-,13-,14-/m0/s1. The number of nitrogens with one attached hydrogen (secondary N) is 2. The number of aromatic hydroxyl groups is 1. The van der Waals surface area contributed by atoms with Crippen molar-refractivity contribution in [3.8, 4) is 5.75 Å². The van der Waals surface area contributed by atoms with Crippen LogP contribution in [0.3, 0.4) is 0 Å². The van der Waals surface area contributed by atoms with Crippen LogP contribution < -0.4 is 27.8 Å².